The molecule has 0 saturated carbocycles. The number of nitrogens with two attached hydrogens (primary N) is 1. The van der Waals surface area contributed by atoms with Crippen molar-refractivity contribution >= 4 is 11.9 Å². The molecule has 0 unspecified atom stereocenters. The summed E-state index contributed by atoms with van der Waals surface area (Å²) in [6.45, 7) is 4.05. The second-order valence-electron chi connectivity index (χ2n) is 5.58. The molecule has 0 radical (unpaired) electrons. The van der Waals surface area contributed by atoms with Gasteiger partial charge in [-0.15, -0.1) is 0 Å². The van der Waals surface area contributed by atoms with Gasteiger partial charge in [-0.25, -0.2) is 9.59 Å². The number of hydrogen-bond acceptors (Lipinski definition) is 6. The summed E-state index contributed by atoms with van der Waals surface area (Å²) in [5.74, 6) is -2.65. The standard InChI is InChI=1S/C11H17NO.C4H6O6/c1-11(2,12)8-9-4-6-10(13-3)7-5-9;5-1(3(7)8)2(6)4(9)10/h4-7H,8,12H2,1-3H3;1-2,5-6H,(H,7,8)(H,9,10)/t;1-,2-/m.1/s1. The lowest BCUT2D eigenvalue weighted by Crippen LogP contribution is -2.39. The van der Waals surface area contributed by atoms with Crippen LogP contribution in [0.3, 0.4) is 0 Å². The van der Waals surface area contributed by atoms with Gasteiger partial charge in [0.05, 0.1) is 7.11 Å². The van der Waals surface area contributed by atoms with Crippen molar-refractivity contribution in [2.24, 2.45) is 5.73 Å². The average molecular weight is 329 g/mol. The molecule has 0 aliphatic rings. The van der Waals surface area contributed by atoms with Crippen LogP contribution in [0.1, 0.15) is 19.4 Å². The normalized spacial score (nSPS) is 13.3. The minimum atomic E-state index is -2.27. The van der Waals surface area contributed by atoms with Crippen LogP contribution in [0, 0.1) is 0 Å². The van der Waals surface area contributed by atoms with Crippen molar-refractivity contribution in [3.63, 3.8) is 0 Å². The molecule has 0 bridgehead atoms. The number of aliphatic carboxylic acids is 2. The number of ether oxygens (including phenoxy) is 1. The Bertz CT molecular complexity index is 490. The zero-order valence-corrected chi connectivity index (χ0v) is 13.3. The molecular formula is C15H23NO7. The van der Waals surface area contributed by atoms with Crippen molar-refractivity contribution in [2.75, 3.05) is 7.11 Å². The Kier molecular flexibility index (Phi) is 8.23. The van der Waals surface area contributed by atoms with Crippen molar-refractivity contribution < 1.29 is 34.8 Å². The molecule has 1 aromatic carbocycles. The van der Waals surface area contributed by atoms with Gasteiger partial charge in [-0.05, 0) is 38.0 Å². The van der Waals surface area contributed by atoms with Gasteiger partial charge < -0.3 is 30.9 Å². The number of carboxylic acids is 2. The molecule has 0 amide bonds. The Hall–Kier alpha value is -2.16. The van der Waals surface area contributed by atoms with E-state index in [2.05, 4.69) is 0 Å². The topological polar surface area (TPSA) is 150 Å². The first-order valence-electron chi connectivity index (χ1n) is 6.71. The summed E-state index contributed by atoms with van der Waals surface area (Å²) in [7, 11) is 1.67. The van der Waals surface area contributed by atoms with Crippen LogP contribution in [-0.2, 0) is 16.0 Å². The summed E-state index contributed by atoms with van der Waals surface area (Å²) in [6.07, 6.45) is -3.65. The molecule has 6 N–H and O–H groups in total. The number of carbonyl (C=O) groups is 2. The van der Waals surface area contributed by atoms with Crippen LogP contribution in [0.2, 0.25) is 0 Å². The molecule has 2 atom stereocenters. The lowest BCUT2D eigenvalue weighted by Gasteiger charge is -2.18. The average Bonchev–Trinajstić information content (AvgIpc) is 2.45. The lowest BCUT2D eigenvalue weighted by atomic mass is 9.96. The predicted octanol–water partition coefficient (Wildman–Crippen LogP) is -0.148. The van der Waals surface area contributed by atoms with Gasteiger partial charge in [-0.3, -0.25) is 0 Å². The van der Waals surface area contributed by atoms with E-state index >= 15 is 0 Å². The van der Waals surface area contributed by atoms with E-state index < -0.39 is 24.1 Å². The molecule has 130 valence electrons. The first kappa shape index (κ1) is 20.8. The monoisotopic (exact) mass is 329 g/mol. The van der Waals surface area contributed by atoms with Gasteiger partial charge in [-0.2, -0.15) is 0 Å². The molecule has 1 rings (SSSR count). The number of hydrogen-bond donors (Lipinski definition) is 5. The van der Waals surface area contributed by atoms with E-state index in [9.17, 15) is 9.59 Å². The largest absolute Gasteiger partial charge is 0.497 e. The van der Waals surface area contributed by atoms with Crippen LogP contribution in [0.5, 0.6) is 5.75 Å². The van der Waals surface area contributed by atoms with E-state index in [1.165, 1.54) is 5.56 Å². The molecule has 0 spiro atoms. The van der Waals surface area contributed by atoms with Crippen molar-refractivity contribution in [3.8, 4) is 5.75 Å². The highest BCUT2D eigenvalue weighted by atomic mass is 16.5. The number of carboxylic acid groups (broad SMARTS) is 2. The summed E-state index contributed by atoms with van der Waals surface area (Å²) in [5.41, 5.74) is 7.01. The molecule has 1 aromatic rings. The van der Waals surface area contributed by atoms with Gasteiger partial charge in [-0.1, -0.05) is 12.1 Å². The second kappa shape index (κ2) is 9.09. The van der Waals surface area contributed by atoms with E-state index in [-0.39, 0.29) is 5.54 Å². The van der Waals surface area contributed by atoms with E-state index in [0.29, 0.717) is 0 Å². The lowest BCUT2D eigenvalue weighted by molar-refractivity contribution is -0.165. The molecule has 8 heteroatoms. The smallest absolute Gasteiger partial charge is 0.335 e. The van der Waals surface area contributed by atoms with Crippen LogP contribution >= 0.6 is 0 Å². The zero-order valence-electron chi connectivity index (χ0n) is 13.3. The highest BCUT2D eigenvalue weighted by Crippen LogP contribution is 2.15. The first-order chi connectivity index (χ1) is 10.5. The van der Waals surface area contributed by atoms with E-state index in [0.717, 1.165) is 12.2 Å². The molecule has 0 aliphatic carbocycles. The fourth-order valence-corrected chi connectivity index (χ4v) is 1.54. The maximum Gasteiger partial charge on any atom is 0.335 e. The van der Waals surface area contributed by atoms with E-state index in [1.807, 2.05) is 38.1 Å². The van der Waals surface area contributed by atoms with Crippen LogP contribution < -0.4 is 10.5 Å². The van der Waals surface area contributed by atoms with Crippen LogP contribution in [0.15, 0.2) is 24.3 Å². The molecule has 23 heavy (non-hydrogen) atoms. The third-order valence-corrected chi connectivity index (χ3v) is 2.62. The molecule has 0 heterocycles. The van der Waals surface area contributed by atoms with Crippen LogP contribution in [0.4, 0.5) is 0 Å². The van der Waals surface area contributed by atoms with Crippen molar-refractivity contribution in [2.45, 2.75) is 38.0 Å². The number of rotatable bonds is 6. The number of benzene rings is 1. The first-order valence-corrected chi connectivity index (χ1v) is 6.71. The molecule has 0 aromatic heterocycles. The Balaban J connectivity index is 0.000000438. The van der Waals surface area contributed by atoms with Gasteiger partial charge in [0.25, 0.3) is 0 Å². The van der Waals surface area contributed by atoms with Gasteiger partial charge >= 0.3 is 11.9 Å². The van der Waals surface area contributed by atoms with Crippen LogP contribution in [-0.4, -0.2) is 57.2 Å². The highest BCUT2D eigenvalue weighted by Gasteiger charge is 2.29. The summed E-state index contributed by atoms with van der Waals surface area (Å²) in [6, 6.07) is 8.02. The number of aliphatic hydroxyl groups is 2. The second-order valence-corrected chi connectivity index (χ2v) is 5.58. The summed E-state index contributed by atoms with van der Waals surface area (Å²) < 4.78 is 5.07. The van der Waals surface area contributed by atoms with E-state index in [1.54, 1.807) is 7.11 Å². The molecule has 0 aliphatic heterocycles. The summed E-state index contributed by atoms with van der Waals surface area (Å²) in [5, 5.41) is 32.5. The predicted molar refractivity (Wildman–Crippen MR) is 82.2 cm³/mol. The Labute approximate surface area is 134 Å². The maximum atomic E-state index is 9.77. The van der Waals surface area contributed by atoms with Gasteiger partial charge in [0.2, 0.25) is 0 Å². The van der Waals surface area contributed by atoms with Crippen molar-refractivity contribution in [1.82, 2.24) is 0 Å². The van der Waals surface area contributed by atoms with Crippen molar-refractivity contribution in [3.05, 3.63) is 29.8 Å². The Morgan fingerprint density at radius 1 is 1.09 bits per heavy atom. The molecule has 8 nitrogen and oxygen atoms in total. The molecule has 0 saturated heterocycles. The highest BCUT2D eigenvalue weighted by molar-refractivity contribution is 5.83. The van der Waals surface area contributed by atoms with Gasteiger partial charge in [0.1, 0.15) is 5.75 Å². The number of aliphatic hydroxyl groups excluding tert-OH is 2. The summed E-state index contributed by atoms with van der Waals surface area (Å²) in [4.78, 5) is 19.5. The van der Waals surface area contributed by atoms with Gasteiger partial charge in [0.15, 0.2) is 12.2 Å². The summed E-state index contributed by atoms with van der Waals surface area (Å²) >= 11 is 0. The zero-order chi connectivity index (χ0) is 18.2. The van der Waals surface area contributed by atoms with E-state index in [4.69, 9.17) is 30.9 Å². The quantitative estimate of drug-likeness (QED) is 0.483. The Morgan fingerprint density at radius 2 is 1.48 bits per heavy atom. The molecule has 0 fully saturated rings. The fourth-order valence-electron chi connectivity index (χ4n) is 1.54. The van der Waals surface area contributed by atoms with Crippen molar-refractivity contribution in [1.29, 1.82) is 0 Å². The van der Waals surface area contributed by atoms with Crippen LogP contribution in [0.25, 0.3) is 0 Å². The maximum absolute atomic E-state index is 9.77. The Morgan fingerprint density at radius 3 is 1.74 bits per heavy atom. The number of methoxy groups -OCH3 is 1. The third-order valence-electron chi connectivity index (χ3n) is 2.62. The van der Waals surface area contributed by atoms with Gasteiger partial charge in [0, 0.05) is 5.54 Å². The minimum Gasteiger partial charge on any atom is -0.497 e. The molecular weight excluding hydrogens is 306 g/mol. The fraction of sp³-hybridized carbons (Fsp3) is 0.467. The SMILES string of the molecule is COc1ccc(CC(C)(C)N)cc1.O=C(O)[C@H](O)[C@@H](O)C(=O)O. The minimum absolute atomic E-state index is 0.144. The third kappa shape index (κ3) is 8.77.